The first-order chi connectivity index (χ1) is 12.3. The molecule has 1 N–H and O–H groups in total. The van der Waals surface area contributed by atoms with Crippen molar-refractivity contribution in [2.75, 3.05) is 0 Å². The van der Waals surface area contributed by atoms with Gasteiger partial charge in [-0.05, 0) is 50.6 Å². The second-order valence-corrected chi connectivity index (χ2v) is 7.13. The van der Waals surface area contributed by atoms with E-state index in [0.29, 0.717) is 27.8 Å². The van der Waals surface area contributed by atoms with Crippen LogP contribution in [0.1, 0.15) is 36.6 Å². The van der Waals surface area contributed by atoms with Crippen LogP contribution in [0.15, 0.2) is 45.7 Å². The average Bonchev–Trinajstić information content (AvgIpc) is 2.94. The summed E-state index contributed by atoms with van der Waals surface area (Å²) in [5.41, 5.74) is 1.05. The van der Waals surface area contributed by atoms with E-state index in [1.165, 1.54) is 4.74 Å². The van der Waals surface area contributed by atoms with Crippen molar-refractivity contribution in [3.05, 3.63) is 63.4 Å². The van der Waals surface area contributed by atoms with Crippen molar-refractivity contribution in [3.63, 3.8) is 0 Å². The van der Waals surface area contributed by atoms with Crippen molar-refractivity contribution < 1.29 is 14.4 Å². The molecular formula is C20H18N2O4. The fourth-order valence-electron chi connectivity index (χ4n) is 3.47. The lowest BCUT2D eigenvalue weighted by atomic mass is 9.86. The number of hydrogen-bond donors (Lipinski definition) is 1. The third-order valence-corrected chi connectivity index (χ3v) is 4.93. The lowest BCUT2D eigenvalue weighted by molar-refractivity contribution is -0.0764. The highest BCUT2D eigenvalue weighted by Gasteiger charge is 2.45. The van der Waals surface area contributed by atoms with Crippen molar-refractivity contribution in [3.8, 4) is 11.8 Å². The number of ether oxygens (including phenoxy) is 1. The van der Waals surface area contributed by atoms with E-state index in [4.69, 9.17) is 9.26 Å². The molecule has 0 amide bonds. The molecule has 0 radical (unpaired) electrons. The van der Waals surface area contributed by atoms with E-state index in [-0.39, 0.29) is 5.56 Å². The zero-order valence-corrected chi connectivity index (χ0v) is 14.7. The highest BCUT2D eigenvalue weighted by molar-refractivity contribution is 5.79. The zero-order chi connectivity index (χ0) is 18.6. The highest BCUT2D eigenvalue weighted by atomic mass is 16.5. The Morgan fingerprint density at radius 1 is 1.27 bits per heavy atom. The lowest BCUT2D eigenvalue weighted by Gasteiger charge is -2.41. The minimum atomic E-state index is -1.04. The van der Waals surface area contributed by atoms with Gasteiger partial charge in [-0.2, -0.15) is 10.0 Å². The molecule has 2 atom stereocenters. The Hall–Kier alpha value is -3.04. The van der Waals surface area contributed by atoms with Crippen LogP contribution >= 0.6 is 0 Å². The molecule has 0 bridgehead atoms. The Morgan fingerprint density at radius 2 is 2.04 bits per heavy atom. The predicted octanol–water partition coefficient (Wildman–Crippen LogP) is 2.90. The summed E-state index contributed by atoms with van der Waals surface area (Å²) >= 11 is 0. The largest absolute Gasteiger partial charge is 0.485 e. The standard InChI is InChI=1S/C20H18N2O4/c1-11-5-4-6-13-17(11)26-22(19(13)24)16-14-9-12(10-21)7-8-15(14)25-20(2,3)18(16)23/h4-9,16,18,23H,1-3H3/t16-,18+/m1/s1. The fraction of sp³-hybridized carbons (Fsp3) is 0.300. The number of benzene rings is 2. The molecule has 1 aliphatic rings. The van der Waals surface area contributed by atoms with E-state index in [0.717, 1.165) is 5.56 Å². The number of nitriles is 1. The smallest absolute Gasteiger partial charge is 0.291 e. The van der Waals surface area contributed by atoms with Gasteiger partial charge in [0.15, 0.2) is 5.58 Å². The second-order valence-electron chi connectivity index (χ2n) is 7.13. The number of hydrogen-bond acceptors (Lipinski definition) is 5. The zero-order valence-electron chi connectivity index (χ0n) is 14.7. The van der Waals surface area contributed by atoms with Gasteiger partial charge in [0.05, 0.1) is 17.0 Å². The summed E-state index contributed by atoms with van der Waals surface area (Å²) < 4.78 is 13.0. The molecule has 2 heterocycles. The first-order valence-electron chi connectivity index (χ1n) is 8.36. The number of fused-ring (bicyclic) bond motifs is 2. The molecule has 0 aliphatic carbocycles. The molecule has 1 aliphatic heterocycles. The summed E-state index contributed by atoms with van der Waals surface area (Å²) in [6.45, 7) is 5.37. The first kappa shape index (κ1) is 16.4. The Labute approximate surface area is 149 Å². The molecule has 2 aromatic carbocycles. The first-order valence-corrected chi connectivity index (χ1v) is 8.36. The van der Waals surface area contributed by atoms with E-state index in [1.807, 2.05) is 13.0 Å². The van der Waals surface area contributed by atoms with Gasteiger partial charge in [0, 0.05) is 5.56 Å². The van der Waals surface area contributed by atoms with Gasteiger partial charge < -0.3 is 14.4 Å². The molecule has 0 fully saturated rings. The van der Waals surface area contributed by atoms with Crippen molar-refractivity contribution in [1.82, 2.24) is 4.74 Å². The quantitative estimate of drug-likeness (QED) is 0.729. The van der Waals surface area contributed by atoms with Gasteiger partial charge in [-0.1, -0.05) is 12.1 Å². The maximum absolute atomic E-state index is 13.0. The lowest BCUT2D eigenvalue weighted by Crippen LogP contribution is -2.51. The van der Waals surface area contributed by atoms with Crippen LogP contribution in [0.2, 0.25) is 0 Å². The molecule has 0 spiro atoms. The van der Waals surface area contributed by atoms with Crippen molar-refractivity contribution in [2.45, 2.75) is 38.5 Å². The maximum Gasteiger partial charge on any atom is 0.291 e. The number of rotatable bonds is 1. The Kier molecular flexibility index (Phi) is 3.46. The fourth-order valence-corrected chi connectivity index (χ4v) is 3.47. The molecule has 0 unspecified atom stereocenters. The Bertz CT molecular complexity index is 1120. The highest BCUT2D eigenvalue weighted by Crippen LogP contribution is 2.42. The van der Waals surface area contributed by atoms with Crippen molar-refractivity contribution >= 4 is 11.0 Å². The number of aromatic nitrogens is 1. The third kappa shape index (κ3) is 2.25. The van der Waals surface area contributed by atoms with E-state index >= 15 is 0 Å². The van der Waals surface area contributed by atoms with Gasteiger partial charge >= 0.3 is 0 Å². The predicted molar refractivity (Wildman–Crippen MR) is 95.2 cm³/mol. The molecule has 6 nitrogen and oxygen atoms in total. The topological polar surface area (TPSA) is 88.4 Å². The Balaban J connectivity index is 2.02. The average molecular weight is 350 g/mol. The minimum absolute atomic E-state index is 0.321. The monoisotopic (exact) mass is 350 g/mol. The molecule has 132 valence electrons. The molecule has 1 aromatic heterocycles. The van der Waals surface area contributed by atoms with Crippen LogP contribution in [0.4, 0.5) is 0 Å². The van der Waals surface area contributed by atoms with E-state index in [9.17, 15) is 15.2 Å². The SMILES string of the molecule is Cc1cccc2c(=O)n([C@@H]3c4cc(C#N)ccc4OC(C)(C)[C@H]3O)oc12. The van der Waals surface area contributed by atoms with Gasteiger partial charge in [0.1, 0.15) is 23.5 Å². The van der Waals surface area contributed by atoms with Gasteiger partial charge in [0.25, 0.3) is 5.56 Å². The van der Waals surface area contributed by atoms with Crippen LogP contribution < -0.4 is 10.3 Å². The molecular weight excluding hydrogens is 332 g/mol. The van der Waals surface area contributed by atoms with Crippen LogP contribution in [0, 0.1) is 18.3 Å². The van der Waals surface area contributed by atoms with Crippen LogP contribution in [0.25, 0.3) is 11.0 Å². The summed E-state index contributed by atoms with van der Waals surface area (Å²) in [5, 5.41) is 20.6. The van der Waals surface area contributed by atoms with E-state index in [2.05, 4.69) is 6.07 Å². The number of aliphatic hydroxyl groups is 1. The number of nitrogens with zero attached hydrogens (tertiary/aromatic N) is 2. The van der Waals surface area contributed by atoms with Crippen molar-refractivity contribution in [2.24, 2.45) is 0 Å². The summed E-state index contributed by atoms with van der Waals surface area (Å²) in [7, 11) is 0. The van der Waals surface area contributed by atoms with Crippen LogP contribution in [0.5, 0.6) is 5.75 Å². The third-order valence-electron chi connectivity index (χ3n) is 4.93. The molecule has 26 heavy (non-hydrogen) atoms. The molecule has 0 saturated carbocycles. The molecule has 4 rings (SSSR count). The van der Waals surface area contributed by atoms with Crippen molar-refractivity contribution in [1.29, 1.82) is 5.26 Å². The Morgan fingerprint density at radius 3 is 2.73 bits per heavy atom. The number of para-hydroxylation sites is 1. The molecule has 3 aromatic rings. The second kappa shape index (κ2) is 5.48. The molecule has 6 heteroatoms. The maximum atomic E-state index is 13.0. The number of aryl methyl sites for hydroxylation is 1. The van der Waals surface area contributed by atoms with Crippen LogP contribution in [-0.2, 0) is 0 Å². The van der Waals surface area contributed by atoms with E-state index in [1.54, 1.807) is 44.2 Å². The van der Waals surface area contributed by atoms with Crippen LogP contribution in [0.3, 0.4) is 0 Å². The molecule has 0 saturated heterocycles. The summed E-state index contributed by atoms with van der Waals surface area (Å²) in [6.07, 6.45) is -1.04. The van der Waals surface area contributed by atoms with Gasteiger partial charge in [0.2, 0.25) is 0 Å². The van der Waals surface area contributed by atoms with Gasteiger partial charge in [-0.3, -0.25) is 4.79 Å². The summed E-state index contributed by atoms with van der Waals surface area (Å²) in [6, 6.07) is 11.6. The minimum Gasteiger partial charge on any atom is -0.485 e. The van der Waals surface area contributed by atoms with Gasteiger partial charge in [-0.25, -0.2) is 0 Å². The van der Waals surface area contributed by atoms with E-state index < -0.39 is 17.7 Å². The number of aliphatic hydroxyl groups excluding tert-OH is 1. The normalized spacial score (nSPS) is 21.0. The van der Waals surface area contributed by atoms with Gasteiger partial charge in [-0.15, -0.1) is 0 Å². The summed E-state index contributed by atoms with van der Waals surface area (Å²) in [5.74, 6) is 0.522. The summed E-state index contributed by atoms with van der Waals surface area (Å²) in [4.78, 5) is 13.0. The van der Waals surface area contributed by atoms with Crippen LogP contribution in [-0.4, -0.2) is 21.6 Å².